The van der Waals surface area contributed by atoms with Crippen LogP contribution in [-0.4, -0.2) is 357 Å². The molecule has 0 aromatic carbocycles. The van der Waals surface area contributed by atoms with Gasteiger partial charge in [0.15, 0.2) is 11.6 Å². The quantitative estimate of drug-likeness (QED) is 0.0154. The van der Waals surface area contributed by atoms with Gasteiger partial charge >= 0.3 is 5.97 Å². The molecule has 1 heterocycles. The lowest BCUT2D eigenvalue weighted by Crippen LogP contribution is -2.49. The molecule has 1 rings (SSSR count). The summed E-state index contributed by atoms with van der Waals surface area (Å²) in [6.45, 7) is 8.76. The first kappa shape index (κ1) is 100. The first-order chi connectivity index (χ1) is 53.0. The van der Waals surface area contributed by atoms with Crippen LogP contribution in [0.4, 0.5) is 0 Å². The molecule has 13 N–H and O–H groups in total. The molecule has 40 nitrogen and oxygen atoms in total. The number of ketones is 4. The highest BCUT2D eigenvalue weighted by Gasteiger charge is 2.24. The first-order valence-corrected chi connectivity index (χ1v) is 37.5. The fraction of sp³-hybridized carbons (Fsp3) is 0.786. The summed E-state index contributed by atoms with van der Waals surface area (Å²) < 4.78 is 53.3. The van der Waals surface area contributed by atoms with Crippen LogP contribution in [0.5, 0.6) is 0 Å². The zero-order valence-corrected chi connectivity index (χ0v) is 64.3. The molecule has 0 bridgehead atoms. The van der Waals surface area contributed by atoms with E-state index in [2.05, 4.69) is 42.5 Å². The first-order valence-electron chi connectivity index (χ1n) is 37.5. The number of carboxylic acid groups (broad SMARTS) is 1. The third-order valence-corrected chi connectivity index (χ3v) is 16.3. The van der Waals surface area contributed by atoms with Crippen LogP contribution in [0.25, 0.3) is 0 Å². The van der Waals surface area contributed by atoms with Crippen LogP contribution >= 0.6 is 0 Å². The topological polar surface area (TPSA) is 530 Å². The molecular formula is C70H124N14O26. The number of ether oxygens (including phenoxy) is 10. The van der Waals surface area contributed by atoms with Crippen molar-refractivity contribution >= 4 is 89.3 Å². The van der Waals surface area contributed by atoms with Crippen molar-refractivity contribution in [1.82, 2.24) is 62.1 Å². The number of primary amides is 2. The molecule has 8 amide bonds. The van der Waals surface area contributed by atoms with E-state index in [0.717, 1.165) is 0 Å². The Balaban J connectivity index is 2.33. The van der Waals surface area contributed by atoms with E-state index < -0.39 is 35.8 Å². The van der Waals surface area contributed by atoms with Gasteiger partial charge in [-0.05, 0) is 78.1 Å². The van der Waals surface area contributed by atoms with E-state index in [0.29, 0.717) is 149 Å². The molecule has 0 saturated carbocycles. The molecule has 0 spiro atoms. The Hall–Kier alpha value is -7.71. The van der Waals surface area contributed by atoms with Crippen molar-refractivity contribution in [1.29, 1.82) is 0 Å². The van der Waals surface area contributed by atoms with Gasteiger partial charge in [-0.2, -0.15) is 0 Å². The molecule has 0 unspecified atom stereocenters. The van der Waals surface area contributed by atoms with E-state index in [1.165, 1.54) is 13.8 Å². The van der Waals surface area contributed by atoms with Gasteiger partial charge in [-0.1, -0.05) is 6.42 Å². The van der Waals surface area contributed by atoms with Crippen LogP contribution in [0.3, 0.4) is 0 Å². The van der Waals surface area contributed by atoms with E-state index in [-0.39, 0.29) is 249 Å². The number of unbranched alkanes of at least 4 members (excludes halogenated alkanes) is 3. The van der Waals surface area contributed by atoms with Gasteiger partial charge in [-0.25, -0.2) is 0 Å². The summed E-state index contributed by atoms with van der Waals surface area (Å²) in [6.07, 6.45) is 5.21. The number of aliphatic carboxylic acids is 1. The highest BCUT2D eigenvalue weighted by atomic mass is 16.7. The molecule has 630 valence electrons. The summed E-state index contributed by atoms with van der Waals surface area (Å²) in [7, 11) is 0. The minimum Gasteiger partial charge on any atom is -0.480 e. The van der Waals surface area contributed by atoms with Gasteiger partial charge in [0.25, 0.3) is 12.9 Å². The number of nitrogens with zero attached hydrogens (tertiary/aromatic N) is 4. The number of carbonyl (C=O) groups is 15. The lowest BCUT2D eigenvalue weighted by Gasteiger charge is -2.33. The zero-order chi connectivity index (χ0) is 81.0. The second-order valence-electron chi connectivity index (χ2n) is 25.9. The van der Waals surface area contributed by atoms with Crippen molar-refractivity contribution in [2.75, 3.05) is 231 Å². The summed E-state index contributed by atoms with van der Waals surface area (Å²) in [5.41, 5.74) is 10.8. The smallest absolute Gasteiger partial charge is 0.317 e. The number of hydrogen-bond acceptors (Lipinski definition) is 31. The molecule has 0 radical (unpaired) electrons. The largest absolute Gasteiger partial charge is 0.480 e. The van der Waals surface area contributed by atoms with Crippen molar-refractivity contribution in [3.05, 3.63) is 0 Å². The van der Waals surface area contributed by atoms with Gasteiger partial charge in [0, 0.05) is 130 Å². The van der Waals surface area contributed by atoms with Crippen molar-refractivity contribution in [3.63, 3.8) is 0 Å². The van der Waals surface area contributed by atoms with E-state index in [4.69, 9.17) is 58.8 Å². The lowest BCUT2D eigenvalue weighted by molar-refractivity contribution is -0.139. The van der Waals surface area contributed by atoms with E-state index >= 15 is 0 Å². The van der Waals surface area contributed by atoms with Gasteiger partial charge in [0.2, 0.25) is 47.3 Å². The Labute approximate surface area is 643 Å². The van der Waals surface area contributed by atoms with Crippen LogP contribution in [0.15, 0.2) is 0 Å². The van der Waals surface area contributed by atoms with Gasteiger partial charge in [0.1, 0.15) is 58.2 Å². The fourth-order valence-electron chi connectivity index (χ4n) is 10.4. The highest BCUT2D eigenvalue weighted by molar-refractivity contribution is 5.88. The van der Waals surface area contributed by atoms with Crippen molar-refractivity contribution < 1.29 is 124 Å². The summed E-state index contributed by atoms with van der Waals surface area (Å²) in [5, 5.41) is 31.7. The van der Waals surface area contributed by atoms with Crippen LogP contribution in [0, 0.1) is 5.92 Å². The number of hydrogen-bond donors (Lipinski definition) is 11. The van der Waals surface area contributed by atoms with Crippen molar-refractivity contribution in [2.24, 2.45) is 17.4 Å². The maximum Gasteiger partial charge on any atom is 0.317 e. The van der Waals surface area contributed by atoms with E-state index in [1.807, 2.05) is 14.7 Å². The maximum absolute atomic E-state index is 13.4. The molecule has 1 fully saturated rings. The summed E-state index contributed by atoms with van der Waals surface area (Å²) >= 11 is 0. The predicted molar refractivity (Wildman–Crippen MR) is 394 cm³/mol. The minimum absolute atomic E-state index is 0.00821. The van der Waals surface area contributed by atoms with Gasteiger partial charge < -0.3 is 95.8 Å². The third-order valence-electron chi connectivity index (χ3n) is 16.3. The molecule has 0 aromatic heterocycles. The average Bonchev–Trinajstić information content (AvgIpc) is 0.896. The predicted octanol–water partition coefficient (Wildman–Crippen LogP) is -4.99. The number of Topliss-reactive ketones (excluding diaryl/α,β-unsaturated/α-hetero) is 4. The van der Waals surface area contributed by atoms with Crippen LogP contribution in [-0.2, 0) is 119 Å². The second kappa shape index (κ2) is 68.1. The maximum atomic E-state index is 13.4. The fourth-order valence-corrected chi connectivity index (χ4v) is 10.4. The van der Waals surface area contributed by atoms with Crippen LogP contribution in [0.1, 0.15) is 110 Å². The molecule has 1 aliphatic rings. The number of carboxylic acids is 1. The second-order valence-corrected chi connectivity index (χ2v) is 25.9. The van der Waals surface area contributed by atoms with Crippen LogP contribution < -0.4 is 54.0 Å². The Kier molecular flexibility index (Phi) is 62.1. The van der Waals surface area contributed by atoms with Crippen molar-refractivity contribution in [3.8, 4) is 0 Å². The van der Waals surface area contributed by atoms with Crippen molar-refractivity contribution in [2.45, 2.75) is 122 Å². The minimum atomic E-state index is -1.01. The standard InChI is InChI=1S/C70H124N14O26/c1-55(87)42-79-60(68(71)98)13-4-7-18-74-65(94)48-105-39-37-103-34-22-77-66(95)49-106-40-36-101-32-20-75-63(92)16-9-15-62(91)73-17-6-3-11-57(70(100)78-19-8-5-14-61(69(72)99)80-43-56(2)88)41-59(90)47-108-54-107-31-10-12-58(89)46-104-38-35-102-33-21-76-64(93)44-81-23-24-82(45-67(96)97)26-28-84(51-110-53-86)30-29-83(27-25-81)50-109-52-85/h52-53,57,60-61,79-80H,3-51,54H2,1-2H3,(H2,71,98)(H2,72,99)(H,73,91)(H,74,94)(H,75,92)(H,76,93)(H,77,95)(H,78,100)(H,96,97)/t57-,60+,61+/m1/s1. The molecule has 40 heteroatoms. The molecule has 1 saturated heterocycles. The van der Waals surface area contributed by atoms with Gasteiger partial charge in [-0.3, -0.25) is 102 Å². The summed E-state index contributed by atoms with van der Waals surface area (Å²) in [6, 6.07) is -1.32. The number of amides is 8. The van der Waals surface area contributed by atoms with Crippen LogP contribution in [0.2, 0.25) is 0 Å². The van der Waals surface area contributed by atoms with E-state index in [9.17, 15) is 77.0 Å². The number of rotatable bonds is 72. The molecule has 110 heavy (non-hydrogen) atoms. The number of nitrogens with two attached hydrogens (primary N) is 2. The molecule has 0 aromatic rings. The Morgan fingerprint density at radius 3 is 1.25 bits per heavy atom. The number of carbonyl (C=O) groups excluding carboxylic acids is 14. The van der Waals surface area contributed by atoms with Gasteiger partial charge in [-0.15, -0.1) is 0 Å². The molecule has 0 aliphatic carbocycles. The third kappa shape index (κ3) is 61.0. The SMILES string of the molecule is CC(=O)CN[C@@H](CCCCNC(=O)COCCOCCNC(=O)COCCOCCNC(=O)CCCC(=O)NCCCC[C@H](CC(=O)COCOCCCC(=O)COCCOCCNC(=O)CN1CCN(COC=O)CCN(COC=O)CCN(CC(=O)O)CC1)C(=O)NCCCC[C@H](NCC(C)=O)C(N)=O)C(N)=O. The van der Waals surface area contributed by atoms with E-state index in [1.54, 1.807) is 4.90 Å². The normalized spacial score (nSPS) is 14.1. The monoisotopic (exact) mass is 1580 g/mol. The molecule has 1 aliphatic heterocycles. The Morgan fingerprint density at radius 1 is 0.391 bits per heavy atom. The Bertz CT molecular complexity index is 2660. The highest BCUT2D eigenvalue weighted by Crippen LogP contribution is 2.15. The summed E-state index contributed by atoms with van der Waals surface area (Å²) in [5.74, 6) is -5.45. The molecular weight excluding hydrogens is 1450 g/mol. The number of nitrogens with one attached hydrogen (secondary N) is 8. The summed E-state index contributed by atoms with van der Waals surface area (Å²) in [4.78, 5) is 188. The Morgan fingerprint density at radius 2 is 0.791 bits per heavy atom. The van der Waals surface area contributed by atoms with Gasteiger partial charge in [0.05, 0.1) is 97.7 Å². The average molecular weight is 1580 g/mol. The molecule has 3 atom stereocenters. The lowest BCUT2D eigenvalue weighted by atomic mass is 9.95. The zero-order valence-electron chi connectivity index (χ0n) is 64.3.